The van der Waals surface area contributed by atoms with Crippen molar-refractivity contribution in [3.8, 4) is 0 Å². The van der Waals surface area contributed by atoms with E-state index >= 15 is 0 Å². The molecule has 0 fully saturated rings. The van der Waals surface area contributed by atoms with E-state index in [1.54, 1.807) is 26.0 Å². The summed E-state index contributed by atoms with van der Waals surface area (Å²) in [6.07, 6.45) is 1.18. The fourth-order valence-corrected chi connectivity index (χ4v) is 1.64. The number of carboxylic acids is 1. The van der Waals surface area contributed by atoms with Crippen molar-refractivity contribution >= 4 is 17.6 Å². The Balaban J connectivity index is 2.25. The van der Waals surface area contributed by atoms with Crippen molar-refractivity contribution in [1.29, 1.82) is 0 Å². The highest BCUT2D eigenvalue weighted by Gasteiger charge is 2.15. The van der Waals surface area contributed by atoms with Crippen molar-refractivity contribution in [2.75, 3.05) is 5.32 Å². The molecule has 6 heteroatoms. The summed E-state index contributed by atoms with van der Waals surface area (Å²) in [5.41, 5.74) is 1.64. The highest BCUT2D eigenvalue weighted by Crippen LogP contribution is 2.17. The smallest absolute Gasteiger partial charge is 0.336 e. The molecule has 0 spiro atoms. The molecule has 2 rings (SSSR count). The van der Waals surface area contributed by atoms with Gasteiger partial charge in [-0.1, -0.05) is 6.07 Å². The molecule has 2 N–H and O–H groups in total. The van der Waals surface area contributed by atoms with Crippen LogP contribution in [-0.2, 0) is 0 Å². The number of aromatic nitrogens is 1. The van der Waals surface area contributed by atoms with Gasteiger partial charge < -0.3 is 14.8 Å². The zero-order valence-corrected chi connectivity index (χ0v) is 10.4. The first-order valence-corrected chi connectivity index (χ1v) is 5.54. The van der Waals surface area contributed by atoms with Crippen LogP contribution in [0.15, 0.2) is 29.0 Å². The van der Waals surface area contributed by atoms with Crippen LogP contribution < -0.4 is 5.32 Å². The molecule has 0 atom stereocenters. The Morgan fingerprint density at radius 3 is 2.63 bits per heavy atom. The van der Waals surface area contributed by atoms with Crippen LogP contribution in [-0.4, -0.2) is 22.0 Å². The van der Waals surface area contributed by atoms with Crippen LogP contribution in [0.25, 0.3) is 0 Å². The molecular weight excluding hydrogens is 248 g/mol. The molecule has 0 saturated heterocycles. The van der Waals surface area contributed by atoms with Crippen molar-refractivity contribution in [2.24, 2.45) is 0 Å². The number of aromatic carboxylic acids is 1. The van der Waals surface area contributed by atoms with Gasteiger partial charge in [-0.15, -0.1) is 0 Å². The molecule has 1 aromatic carbocycles. The second kappa shape index (κ2) is 4.93. The zero-order chi connectivity index (χ0) is 14.0. The van der Waals surface area contributed by atoms with E-state index < -0.39 is 11.9 Å². The number of nitrogens with one attached hydrogen (secondary N) is 1. The fourth-order valence-electron chi connectivity index (χ4n) is 1.64. The zero-order valence-electron chi connectivity index (χ0n) is 10.4. The van der Waals surface area contributed by atoms with Gasteiger partial charge >= 0.3 is 5.97 Å². The predicted molar refractivity (Wildman–Crippen MR) is 67.3 cm³/mol. The Hall–Kier alpha value is -2.63. The summed E-state index contributed by atoms with van der Waals surface area (Å²) >= 11 is 0. The largest absolute Gasteiger partial charge is 0.478 e. The Kier molecular flexibility index (Phi) is 3.33. The Morgan fingerprint density at radius 1 is 1.32 bits per heavy atom. The first-order valence-electron chi connectivity index (χ1n) is 5.54. The predicted octanol–water partition coefficient (Wildman–Crippen LogP) is 2.24. The summed E-state index contributed by atoms with van der Waals surface area (Å²) in [6.45, 7) is 3.34. The molecule has 0 aliphatic heterocycles. The highest BCUT2D eigenvalue weighted by atomic mass is 16.4. The van der Waals surface area contributed by atoms with Crippen LogP contribution in [0.1, 0.15) is 32.2 Å². The number of hydrogen-bond acceptors (Lipinski definition) is 4. The monoisotopic (exact) mass is 260 g/mol. The van der Waals surface area contributed by atoms with Crippen molar-refractivity contribution in [1.82, 2.24) is 4.98 Å². The van der Waals surface area contributed by atoms with Gasteiger partial charge in [0.1, 0.15) is 0 Å². The molecule has 0 bridgehead atoms. The van der Waals surface area contributed by atoms with E-state index in [1.165, 1.54) is 12.5 Å². The summed E-state index contributed by atoms with van der Waals surface area (Å²) in [5.74, 6) is -1.39. The lowest BCUT2D eigenvalue weighted by Crippen LogP contribution is -2.13. The number of nitrogens with zero attached hydrogens (tertiary/aromatic N) is 1. The molecule has 0 aliphatic rings. The second-order valence-electron chi connectivity index (χ2n) is 4.06. The van der Waals surface area contributed by atoms with Crippen LogP contribution in [0.5, 0.6) is 0 Å². The van der Waals surface area contributed by atoms with Gasteiger partial charge in [0.05, 0.1) is 11.3 Å². The lowest BCUT2D eigenvalue weighted by molar-refractivity contribution is 0.0695. The van der Waals surface area contributed by atoms with Gasteiger partial charge in [-0.05, 0) is 31.5 Å². The molecule has 19 heavy (non-hydrogen) atoms. The van der Waals surface area contributed by atoms with Crippen molar-refractivity contribution in [3.05, 3.63) is 47.2 Å². The summed E-state index contributed by atoms with van der Waals surface area (Å²) in [6, 6.07) is 4.67. The number of rotatable bonds is 3. The number of oxazole rings is 1. The lowest BCUT2D eigenvalue weighted by atomic mass is 10.1. The molecule has 1 amide bonds. The first kappa shape index (κ1) is 12.8. The van der Waals surface area contributed by atoms with Gasteiger partial charge in [0.25, 0.3) is 5.91 Å². The number of carboxylic acid groups (broad SMARTS) is 1. The summed E-state index contributed by atoms with van der Waals surface area (Å²) in [7, 11) is 0. The van der Waals surface area contributed by atoms with Gasteiger partial charge in [0, 0.05) is 5.69 Å². The Labute approximate surface area is 109 Å². The minimum Gasteiger partial charge on any atom is -0.478 e. The molecular formula is C13H12N2O4. The molecule has 0 saturated carbocycles. The SMILES string of the molecule is Cc1ccc(NC(=O)c2ocnc2C)cc1C(=O)O. The van der Waals surface area contributed by atoms with E-state index in [9.17, 15) is 9.59 Å². The van der Waals surface area contributed by atoms with E-state index in [-0.39, 0.29) is 11.3 Å². The molecule has 1 heterocycles. The summed E-state index contributed by atoms with van der Waals surface area (Å²) in [5, 5.41) is 11.6. The quantitative estimate of drug-likeness (QED) is 0.882. The summed E-state index contributed by atoms with van der Waals surface area (Å²) < 4.78 is 4.96. The third kappa shape index (κ3) is 2.62. The Bertz CT molecular complexity index is 646. The Morgan fingerprint density at radius 2 is 2.05 bits per heavy atom. The van der Waals surface area contributed by atoms with Crippen LogP contribution in [0.2, 0.25) is 0 Å². The van der Waals surface area contributed by atoms with Gasteiger partial charge in [-0.3, -0.25) is 4.79 Å². The highest BCUT2D eigenvalue weighted by molar-refractivity contribution is 6.03. The van der Waals surface area contributed by atoms with Crippen LogP contribution in [0.3, 0.4) is 0 Å². The number of carbonyl (C=O) groups is 2. The minimum absolute atomic E-state index is 0.109. The average Bonchev–Trinajstić information content (AvgIpc) is 2.77. The van der Waals surface area contributed by atoms with E-state index in [1.807, 2.05) is 0 Å². The van der Waals surface area contributed by atoms with Crippen molar-refractivity contribution in [3.63, 3.8) is 0 Å². The number of benzene rings is 1. The van der Waals surface area contributed by atoms with Crippen molar-refractivity contribution < 1.29 is 19.1 Å². The maximum absolute atomic E-state index is 11.9. The van der Waals surface area contributed by atoms with Crippen LogP contribution in [0.4, 0.5) is 5.69 Å². The lowest BCUT2D eigenvalue weighted by Gasteiger charge is -2.06. The van der Waals surface area contributed by atoms with Gasteiger partial charge in [-0.25, -0.2) is 9.78 Å². The van der Waals surface area contributed by atoms with E-state index in [4.69, 9.17) is 9.52 Å². The molecule has 1 aromatic heterocycles. The number of anilines is 1. The second-order valence-corrected chi connectivity index (χ2v) is 4.06. The topological polar surface area (TPSA) is 92.4 Å². The number of carbonyl (C=O) groups excluding carboxylic acids is 1. The number of aryl methyl sites for hydroxylation is 2. The summed E-state index contributed by atoms with van der Waals surface area (Å²) in [4.78, 5) is 26.7. The fraction of sp³-hybridized carbons (Fsp3) is 0.154. The first-order chi connectivity index (χ1) is 8.99. The molecule has 0 unspecified atom stereocenters. The standard InChI is InChI=1S/C13H12N2O4/c1-7-3-4-9(5-10(7)13(17)18)15-12(16)11-8(2)14-6-19-11/h3-6H,1-2H3,(H,15,16)(H,17,18). The van der Waals surface area contributed by atoms with E-state index in [2.05, 4.69) is 10.3 Å². The normalized spacial score (nSPS) is 10.2. The van der Waals surface area contributed by atoms with Gasteiger partial charge in [0.15, 0.2) is 6.39 Å². The van der Waals surface area contributed by atoms with Crippen LogP contribution >= 0.6 is 0 Å². The number of hydrogen-bond donors (Lipinski definition) is 2. The third-order valence-electron chi connectivity index (χ3n) is 2.68. The molecule has 6 nitrogen and oxygen atoms in total. The maximum Gasteiger partial charge on any atom is 0.336 e. The molecule has 2 aromatic rings. The maximum atomic E-state index is 11.9. The third-order valence-corrected chi connectivity index (χ3v) is 2.68. The van der Waals surface area contributed by atoms with E-state index in [0.717, 1.165) is 0 Å². The average molecular weight is 260 g/mol. The molecule has 98 valence electrons. The van der Waals surface area contributed by atoms with E-state index in [0.29, 0.717) is 16.9 Å². The molecule has 0 radical (unpaired) electrons. The van der Waals surface area contributed by atoms with Crippen molar-refractivity contribution in [2.45, 2.75) is 13.8 Å². The van der Waals surface area contributed by atoms with Crippen LogP contribution in [0, 0.1) is 13.8 Å². The molecule has 0 aliphatic carbocycles. The van der Waals surface area contributed by atoms with Gasteiger partial charge in [-0.2, -0.15) is 0 Å². The van der Waals surface area contributed by atoms with Gasteiger partial charge in [0.2, 0.25) is 5.76 Å². The minimum atomic E-state index is -1.04. The number of amides is 1.